The number of esters is 1. The van der Waals surface area contributed by atoms with Gasteiger partial charge in [-0.2, -0.15) is 0 Å². The Bertz CT molecular complexity index is 815. The molecule has 2 atom stereocenters. The van der Waals surface area contributed by atoms with Gasteiger partial charge in [-0.1, -0.05) is 41.4 Å². The van der Waals surface area contributed by atoms with Crippen molar-refractivity contribution in [1.29, 1.82) is 0 Å². The highest BCUT2D eigenvalue weighted by atomic mass is 35.5. The maximum absolute atomic E-state index is 13.5. The lowest BCUT2D eigenvalue weighted by molar-refractivity contribution is -0.148. The molecule has 0 bridgehead atoms. The van der Waals surface area contributed by atoms with Crippen molar-refractivity contribution >= 4 is 47.3 Å². The maximum atomic E-state index is 13.5. The van der Waals surface area contributed by atoms with E-state index in [1.807, 2.05) is 6.07 Å². The first kappa shape index (κ1) is 22.1. The molecule has 0 radical (unpaired) electrons. The number of carbonyl (C=O) groups excluding carboxylic acids is 1. The maximum Gasteiger partial charge on any atom is 0.379 e. The number of hydrogen-bond donors (Lipinski definition) is 1. The Labute approximate surface area is 173 Å². The third-order valence-corrected chi connectivity index (χ3v) is 7.26. The summed E-state index contributed by atoms with van der Waals surface area (Å²) in [4.78, 5) is 12.7. The summed E-state index contributed by atoms with van der Waals surface area (Å²) in [6.45, 7) is 1.45. The first-order chi connectivity index (χ1) is 12.7. The molecule has 0 saturated carbocycles. The smallest absolute Gasteiger partial charge is 0.379 e. The van der Waals surface area contributed by atoms with Crippen LogP contribution in [-0.2, 0) is 14.1 Å². The lowest BCUT2D eigenvalue weighted by Crippen LogP contribution is -2.35. The zero-order chi connectivity index (χ0) is 20.0. The predicted octanol–water partition coefficient (Wildman–Crippen LogP) is 6.20. The third kappa shape index (κ3) is 7.40. The lowest BCUT2D eigenvalue weighted by atomic mass is 10.3. The molecule has 27 heavy (non-hydrogen) atoms. The third-order valence-electron chi connectivity index (χ3n) is 3.09. The van der Waals surface area contributed by atoms with E-state index in [9.17, 15) is 9.36 Å². The molecule has 0 unspecified atom stereocenters. The second-order valence-corrected chi connectivity index (χ2v) is 10.9. The molecule has 2 aromatic carbocycles. The summed E-state index contributed by atoms with van der Waals surface area (Å²) in [7, 11) is 0. The number of nitrogens with one attached hydrogen (secondary N) is 1. The summed E-state index contributed by atoms with van der Waals surface area (Å²) in [5.41, 5.74) is 0. The van der Waals surface area contributed by atoms with Gasteiger partial charge in [-0.3, -0.25) is 4.79 Å². The summed E-state index contributed by atoms with van der Waals surface area (Å²) >= 11 is 13.0. The predicted molar refractivity (Wildman–Crippen MR) is 111 cm³/mol. The molecule has 0 spiro atoms. The molecule has 146 valence electrons. The molecule has 0 heterocycles. The number of carbonyl (C=O) groups is 1. The first-order valence-corrected chi connectivity index (χ1v) is 12.0. The number of halogens is 2. The van der Waals surface area contributed by atoms with E-state index in [-0.39, 0.29) is 6.10 Å². The fraction of sp³-hybridized carbons (Fsp3) is 0.278. The summed E-state index contributed by atoms with van der Waals surface area (Å²) < 4.78 is 24.4. The van der Waals surface area contributed by atoms with Crippen LogP contribution >= 0.6 is 41.3 Å². The number of para-hydroxylation sites is 1. The van der Waals surface area contributed by atoms with Crippen molar-refractivity contribution in [3.63, 3.8) is 0 Å². The van der Waals surface area contributed by atoms with Crippen LogP contribution in [0.1, 0.15) is 20.8 Å². The van der Waals surface area contributed by atoms with Crippen LogP contribution in [0.5, 0.6) is 5.75 Å². The van der Waals surface area contributed by atoms with Crippen LogP contribution in [0.2, 0.25) is 10.0 Å². The minimum atomic E-state index is -3.61. The molecule has 2 aromatic rings. The van der Waals surface area contributed by atoms with E-state index in [4.69, 9.17) is 32.5 Å². The monoisotopic (exact) mass is 447 g/mol. The van der Waals surface area contributed by atoms with Crippen molar-refractivity contribution in [3.05, 3.63) is 58.6 Å². The highest BCUT2D eigenvalue weighted by molar-refractivity contribution is 8.56. The minimum Gasteiger partial charge on any atom is -0.462 e. The number of rotatable bonds is 8. The Morgan fingerprint density at radius 1 is 1.07 bits per heavy atom. The molecule has 0 amide bonds. The van der Waals surface area contributed by atoms with Crippen molar-refractivity contribution in [2.24, 2.45) is 0 Å². The highest BCUT2D eigenvalue weighted by Crippen LogP contribution is 2.59. The van der Waals surface area contributed by atoms with Crippen LogP contribution < -0.4 is 9.61 Å². The Morgan fingerprint density at radius 3 is 2.22 bits per heavy atom. The zero-order valence-electron chi connectivity index (χ0n) is 15.0. The van der Waals surface area contributed by atoms with Crippen LogP contribution in [0, 0.1) is 0 Å². The van der Waals surface area contributed by atoms with Crippen LogP contribution in [0.15, 0.2) is 53.4 Å². The zero-order valence-corrected chi connectivity index (χ0v) is 18.2. The fourth-order valence-corrected chi connectivity index (χ4v) is 6.60. The van der Waals surface area contributed by atoms with Crippen LogP contribution in [0.25, 0.3) is 0 Å². The molecule has 0 aliphatic rings. The van der Waals surface area contributed by atoms with Gasteiger partial charge < -0.3 is 9.26 Å². The van der Waals surface area contributed by atoms with Gasteiger partial charge in [-0.05, 0) is 62.5 Å². The van der Waals surface area contributed by atoms with Crippen molar-refractivity contribution in [1.82, 2.24) is 5.09 Å². The van der Waals surface area contributed by atoms with E-state index in [1.165, 1.54) is 0 Å². The minimum absolute atomic E-state index is 0.282. The molecule has 5 nitrogen and oxygen atoms in total. The standard InChI is InChI=1S/C18H20Cl2NO4PS/c1-12(2)24-18(22)13(3)21-26(23,25-16-7-5-4-6-8-16)27-17-10-14(19)9-15(20)11-17/h4-13H,1-3H3,(H,21,23)/t13-,26+/m0/s1. The molecule has 1 N–H and O–H groups in total. The Balaban J connectivity index is 2.27. The van der Waals surface area contributed by atoms with Gasteiger partial charge in [0.05, 0.1) is 6.10 Å². The Hall–Kier alpha value is -1.17. The molecule has 2 rings (SSSR count). The summed E-state index contributed by atoms with van der Waals surface area (Å²) in [6, 6.07) is 12.7. The summed E-state index contributed by atoms with van der Waals surface area (Å²) in [5.74, 6) is -0.120. The van der Waals surface area contributed by atoms with E-state index in [1.54, 1.807) is 63.2 Å². The molecular weight excluding hydrogens is 428 g/mol. The molecular formula is C18H20Cl2NO4PS. The van der Waals surface area contributed by atoms with E-state index >= 15 is 0 Å². The quantitative estimate of drug-likeness (QED) is 0.383. The van der Waals surface area contributed by atoms with Crippen molar-refractivity contribution < 1.29 is 18.6 Å². The van der Waals surface area contributed by atoms with Gasteiger partial charge in [0.25, 0.3) is 0 Å². The van der Waals surface area contributed by atoms with Crippen LogP contribution in [0.3, 0.4) is 0 Å². The molecule has 0 fully saturated rings. The van der Waals surface area contributed by atoms with Crippen LogP contribution in [0.4, 0.5) is 0 Å². The molecule has 0 aliphatic carbocycles. The topological polar surface area (TPSA) is 64.6 Å². The highest BCUT2D eigenvalue weighted by Gasteiger charge is 2.32. The van der Waals surface area contributed by atoms with Crippen molar-refractivity contribution in [2.75, 3.05) is 0 Å². The van der Waals surface area contributed by atoms with Gasteiger partial charge >= 0.3 is 12.7 Å². The van der Waals surface area contributed by atoms with Gasteiger partial charge in [-0.15, -0.1) is 0 Å². The number of benzene rings is 2. The van der Waals surface area contributed by atoms with Gasteiger partial charge in [0, 0.05) is 14.9 Å². The van der Waals surface area contributed by atoms with Gasteiger partial charge in [-0.25, -0.2) is 9.65 Å². The van der Waals surface area contributed by atoms with Crippen molar-refractivity contribution in [3.8, 4) is 5.75 Å². The van der Waals surface area contributed by atoms with Gasteiger partial charge in [0.15, 0.2) is 0 Å². The normalized spacial score (nSPS) is 14.4. The van der Waals surface area contributed by atoms with E-state index in [0.717, 1.165) is 11.4 Å². The van der Waals surface area contributed by atoms with Crippen LogP contribution in [-0.4, -0.2) is 18.1 Å². The first-order valence-electron chi connectivity index (χ1n) is 8.15. The second kappa shape index (κ2) is 9.85. The largest absolute Gasteiger partial charge is 0.462 e. The second-order valence-electron chi connectivity index (χ2n) is 5.93. The van der Waals surface area contributed by atoms with E-state index in [0.29, 0.717) is 20.7 Å². The SMILES string of the molecule is CC(C)OC(=O)[C@H](C)N[P@@](=O)(Oc1ccccc1)Sc1cc(Cl)cc(Cl)c1. The van der Waals surface area contributed by atoms with Gasteiger partial charge in [0.1, 0.15) is 11.8 Å². The fourth-order valence-electron chi connectivity index (χ4n) is 2.04. The van der Waals surface area contributed by atoms with Crippen molar-refractivity contribution in [2.45, 2.75) is 37.8 Å². The number of hydrogen-bond acceptors (Lipinski definition) is 5. The average Bonchev–Trinajstić information content (AvgIpc) is 2.53. The van der Waals surface area contributed by atoms with Gasteiger partial charge in [0.2, 0.25) is 0 Å². The average molecular weight is 448 g/mol. The number of ether oxygens (including phenoxy) is 1. The lowest BCUT2D eigenvalue weighted by Gasteiger charge is -2.23. The molecule has 9 heteroatoms. The molecule has 0 saturated heterocycles. The summed E-state index contributed by atoms with van der Waals surface area (Å²) in [5, 5.41) is 3.58. The van der Waals surface area contributed by atoms with E-state index in [2.05, 4.69) is 5.09 Å². The molecule has 0 aliphatic heterocycles. The Kier molecular flexibility index (Phi) is 8.07. The Morgan fingerprint density at radius 2 is 1.67 bits per heavy atom. The summed E-state index contributed by atoms with van der Waals surface area (Å²) in [6.07, 6.45) is -0.282. The van der Waals surface area contributed by atoms with E-state index < -0.39 is 18.7 Å². The molecule has 0 aromatic heterocycles.